The molecule has 47 heavy (non-hydrogen) atoms. The summed E-state index contributed by atoms with van der Waals surface area (Å²) in [5.41, 5.74) is 0. The predicted molar refractivity (Wildman–Crippen MR) is 204 cm³/mol. The molecule has 0 aliphatic carbocycles. The lowest BCUT2D eigenvalue weighted by Crippen LogP contribution is -2.18. The van der Waals surface area contributed by atoms with Crippen LogP contribution in [0.5, 0.6) is 0 Å². The first-order valence-corrected chi connectivity index (χ1v) is 21.4. The minimum atomic E-state index is -0.482. The van der Waals surface area contributed by atoms with Crippen molar-refractivity contribution >= 4 is 11.9 Å². The topological polar surface area (TPSA) is 52.6 Å². The predicted octanol–water partition coefficient (Wildman–Crippen LogP) is 14.4. The van der Waals surface area contributed by atoms with Gasteiger partial charge >= 0.3 is 11.9 Å². The third-order valence-corrected chi connectivity index (χ3v) is 10.0. The Morgan fingerprint density at radius 1 is 0.362 bits per heavy atom. The van der Waals surface area contributed by atoms with Gasteiger partial charge in [-0.05, 0) is 25.7 Å². The van der Waals surface area contributed by atoms with Crippen LogP contribution in [0.3, 0.4) is 0 Å². The highest BCUT2D eigenvalue weighted by Gasteiger charge is 2.15. The van der Waals surface area contributed by atoms with E-state index >= 15 is 0 Å². The van der Waals surface area contributed by atoms with Gasteiger partial charge in [-0.25, -0.2) is 0 Å². The Morgan fingerprint density at radius 3 is 0.894 bits per heavy atom. The number of hydrogen-bond donors (Lipinski definition) is 0. The van der Waals surface area contributed by atoms with Crippen LogP contribution in [0.25, 0.3) is 0 Å². The highest BCUT2D eigenvalue weighted by molar-refractivity contribution is 5.91. The Morgan fingerprint density at radius 2 is 0.617 bits per heavy atom. The van der Waals surface area contributed by atoms with Crippen LogP contribution in [0.1, 0.15) is 245 Å². The maximum absolute atomic E-state index is 12.2. The van der Waals surface area contributed by atoms with Crippen LogP contribution in [0.2, 0.25) is 0 Å². The van der Waals surface area contributed by atoms with Gasteiger partial charge in [-0.2, -0.15) is 0 Å². The van der Waals surface area contributed by atoms with E-state index in [0.717, 1.165) is 12.8 Å². The summed E-state index contributed by atoms with van der Waals surface area (Å²) < 4.78 is 10.4. The van der Waals surface area contributed by atoms with E-state index in [1.54, 1.807) is 6.92 Å². The summed E-state index contributed by atoms with van der Waals surface area (Å²) in [7, 11) is 0. The van der Waals surface area contributed by atoms with Crippen LogP contribution in [-0.2, 0) is 19.1 Å². The summed E-state index contributed by atoms with van der Waals surface area (Å²) in [6.45, 7) is 7.09. The van der Waals surface area contributed by atoms with Crippen molar-refractivity contribution in [3.63, 3.8) is 0 Å². The zero-order chi connectivity index (χ0) is 34.3. The third-order valence-electron chi connectivity index (χ3n) is 10.0. The van der Waals surface area contributed by atoms with E-state index in [9.17, 15) is 9.59 Å². The van der Waals surface area contributed by atoms with E-state index in [-0.39, 0.29) is 6.42 Å². The SMILES string of the molecule is CCCCCCCCCCCCCCCCCCC(CCCCCCCCCCCCCCCCCC)COC(=O)CC(=O)OCC. The number of ether oxygens (including phenoxy) is 2. The van der Waals surface area contributed by atoms with Gasteiger partial charge in [0.1, 0.15) is 6.42 Å². The van der Waals surface area contributed by atoms with Gasteiger partial charge in [0, 0.05) is 0 Å². The minimum Gasteiger partial charge on any atom is -0.466 e. The molecule has 0 aliphatic heterocycles. The molecule has 0 bridgehead atoms. The lowest BCUT2D eigenvalue weighted by molar-refractivity contribution is -0.155. The first-order chi connectivity index (χ1) is 23.1. The lowest BCUT2D eigenvalue weighted by Gasteiger charge is -2.17. The number of carbonyl (C=O) groups is 2. The Labute approximate surface area is 295 Å². The number of esters is 2. The molecule has 4 heteroatoms. The Kier molecular flexibility index (Phi) is 38.5. The van der Waals surface area contributed by atoms with Gasteiger partial charge in [0.05, 0.1) is 13.2 Å². The molecule has 0 rings (SSSR count). The molecule has 0 saturated heterocycles. The van der Waals surface area contributed by atoms with Crippen LogP contribution in [0, 0.1) is 5.92 Å². The molecule has 0 aromatic heterocycles. The van der Waals surface area contributed by atoms with Gasteiger partial charge < -0.3 is 9.47 Å². The second kappa shape index (κ2) is 39.4. The van der Waals surface area contributed by atoms with Crippen molar-refractivity contribution in [2.24, 2.45) is 5.92 Å². The zero-order valence-corrected chi connectivity index (χ0v) is 32.4. The fourth-order valence-electron chi connectivity index (χ4n) is 6.86. The van der Waals surface area contributed by atoms with Crippen molar-refractivity contribution in [1.29, 1.82) is 0 Å². The van der Waals surface area contributed by atoms with Crippen molar-refractivity contribution in [2.45, 2.75) is 245 Å². The van der Waals surface area contributed by atoms with Gasteiger partial charge in [-0.3, -0.25) is 9.59 Å². The zero-order valence-electron chi connectivity index (χ0n) is 32.4. The Hall–Kier alpha value is -1.06. The van der Waals surface area contributed by atoms with Crippen molar-refractivity contribution in [3.05, 3.63) is 0 Å². The molecule has 0 heterocycles. The second-order valence-electron chi connectivity index (χ2n) is 14.7. The first kappa shape index (κ1) is 45.9. The number of carbonyl (C=O) groups excluding carboxylic acids is 2. The average Bonchev–Trinajstić information content (AvgIpc) is 3.06. The third kappa shape index (κ3) is 37.6. The van der Waals surface area contributed by atoms with E-state index < -0.39 is 11.9 Å². The van der Waals surface area contributed by atoms with Gasteiger partial charge in [-0.1, -0.05) is 219 Å². The summed E-state index contributed by atoms with van der Waals surface area (Å²) in [6, 6.07) is 0. The Bertz CT molecular complexity index is 597. The van der Waals surface area contributed by atoms with E-state index in [1.807, 2.05) is 0 Å². The largest absolute Gasteiger partial charge is 0.466 e. The molecule has 0 amide bonds. The van der Waals surface area contributed by atoms with Crippen molar-refractivity contribution < 1.29 is 19.1 Å². The van der Waals surface area contributed by atoms with Crippen molar-refractivity contribution in [2.75, 3.05) is 13.2 Å². The highest BCUT2D eigenvalue weighted by Crippen LogP contribution is 2.21. The molecule has 0 N–H and O–H groups in total. The monoisotopic (exact) mass is 665 g/mol. The maximum atomic E-state index is 12.2. The molecule has 0 spiro atoms. The number of unbranched alkanes of at least 4 members (excludes halogenated alkanes) is 30. The molecule has 0 aromatic rings. The molecule has 0 fully saturated rings. The van der Waals surface area contributed by atoms with Crippen molar-refractivity contribution in [3.8, 4) is 0 Å². The van der Waals surface area contributed by atoms with Crippen LogP contribution in [0.15, 0.2) is 0 Å². The Balaban J connectivity index is 3.92. The van der Waals surface area contributed by atoms with Gasteiger partial charge in [0.2, 0.25) is 0 Å². The van der Waals surface area contributed by atoms with E-state index in [2.05, 4.69) is 13.8 Å². The smallest absolute Gasteiger partial charge is 0.317 e. The summed E-state index contributed by atoms with van der Waals surface area (Å²) in [5, 5.41) is 0. The molecule has 0 atom stereocenters. The first-order valence-electron chi connectivity index (χ1n) is 21.4. The molecular formula is C43H84O4. The molecule has 280 valence electrons. The van der Waals surface area contributed by atoms with Gasteiger partial charge in [-0.15, -0.1) is 0 Å². The molecular weight excluding hydrogens is 580 g/mol. The molecule has 4 nitrogen and oxygen atoms in total. The maximum Gasteiger partial charge on any atom is 0.317 e. The van der Waals surface area contributed by atoms with E-state index in [4.69, 9.17) is 9.47 Å². The highest BCUT2D eigenvalue weighted by atomic mass is 16.6. The number of rotatable bonds is 39. The molecule has 0 aliphatic rings. The normalized spacial score (nSPS) is 11.4. The lowest BCUT2D eigenvalue weighted by atomic mass is 9.94. The quantitative estimate of drug-likeness (QED) is 0.0373. The summed E-state index contributed by atoms with van der Waals surface area (Å²) >= 11 is 0. The standard InChI is InChI=1S/C43H84O4/c1-4-7-9-11-13-15-17-19-21-23-25-27-29-31-33-35-37-41(40-47-43(45)39-42(44)46-6-3)38-36-34-32-30-28-26-24-22-20-18-16-14-12-10-8-5-2/h41H,4-40H2,1-3H3. The minimum absolute atomic E-state index is 0.265. The fourth-order valence-corrected chi connectivity index (χ4v) is 6.86. The van der Waals surface area contributed by atoms with E-state index in [1.165, 1.54) is 205 Å². The molecule has 0 aromatic carbocycles. The molecule has 0 radical (unpaired) electrons. The molecule has 0 unspecified atom stereocenters. The number of hydrogen-bond acceptors (Lipinski definition) is 4. The summed E-state index contributed by atoms with van der Waals surface area (Å²) in [6.07, 6.45) is 46.3. The second-order valence-corrected chi connectivity index (χ2v) is 14.7. The van der Waals surface area contributed by atoms with Gasteiger partial charge in [0.25, 0.3) is 0 Å². The van der Waals surface area contributed by atoms with Crippen LogP contribution in [0.4, 0.5) is 0 Å². The average molecular weight is 665 g/mol. The molecule has 0 saturated carbocycles. The van der Waals surface area contributed by atoms with E-state index in [0.29, 0.717) is 19.1 Å². The summed E-state index contributed by atoms with van der Waals surface area (Å²) in [4.78, 5) is 23.8. The summed E-state index contributed by atoms with van der Waals surface area (Å²) in [5.74, 6) is -0.503. The van der Waals surface area contributed by atoms with Crippen molar-refractivity contribution in [1.82, 2.24) is 0 Å². The van der Waals surface area contributed by atoms with Crippen LogP contribution in [-0.4, -0.2) is 25.2 Å². The van der Waals surface area contributed by atoms with Gasteiger partial charge in [0.15, 0.2) is 0 Å². The van der Waals surface area contributed by atoms with Crippen LogP contribution < -0.4 is 0 Å². The van der Waals surface area contributed by atoms with Crippen LogP contribution >= 0.6 is 0 Å². The fraction of sp³-hybridized carbons (Fsp3) is 0.953.